The van der Waals surface area contributed by atoms with E-state index in [1.54, 1.807) is 24.3 Å². The minimum atomic E-state index is -0.751. The second kappa shape index (κ2) is 11.6. The summed E-state index contributed by atoms with van der Waals surface area (Å²) in [7, 11) is 0. The van der Waals surface area contributed by atoms with Gasteiger partial charge in [-0.1, -0.05) is 83.3 Å². The van der Waals surface area contributed by atoms with Gasteiger partial charge >= 0.3 is 5.63 Å². The molecule has 2 aromatic rings. The number of carbonyl (C=O) groups is 1. The van der Waals surface area contributed by atoms with Gasteiger partial charge in [0, 0.05) is 6.42 Å². The smallest absolute Gasteiger partial charge is 0.351 e. The highest BCUT2D eigenvalue weighted by atomic mass is 16.4. The van der Waals surface area contributed by atoms with Crippen molar-refractivity contribution in [1.29, 1.82) is 0 Å². The SMILES string of the molecule is CCCCCCCCCCCCCC(=O)c1c(O)c2ccccc2oc1=O. The summed E-state index contributed by atoms with van der Waals surface area (Å²) in [6.45, 7) is 2.23. The van der Waals surface area contributed by atoms with Crippen LogP contribution in [0.15, 0.2) is 33.5 Å². The highest BCUT2D eigenvalue weighted by molar-refractivity contribution is 6.02. The monoisotopic (exact) mass is 372 g/mol. The summed E-state index contributed by atoms with van der Waals surface area (Å²) < 4.78 is 5.17. The Morgan fingerprint density at radius 3 is 2.07 bits per heavy atom. The maximum atomic E-state index is 12.4. The molecule has 0 aliphatic rings. The molecule has 0 amide bonds. The van der Waals surface area contributed by atoms with Gasteiger partial charge in [0.05, 0.1) is 5.39 Å². The Balaban J connectivity index is 1.69. The van der Waals surface area contributed by atoms with Crippen LogP contribution in [-0.4, -0.2) is 10.9 Å². The van der Waals surface area contributed by atoms with Gasteiger partial charge in [0.15, 0.2) is 5.78 Å². The number of ketones is 1. The number of aromatic hydroxyl groups is 1. The number of rotatable bonds is 13. The molecule has 0 aliphatic carbocycles. The van der Waals surface area contributed by atoms with Gasteiger partial charge < -0.3 is 9.52 Å². The summed E-state index contributed by atoms with van der Waals surface area (Å²) in [6, 6.07) is 6.71. The van der Waals surface area contributed by atoms with Crippen molar-refractivity contribution in [3.8, 4) is 5.75 Å². The Morgan fingerprint density at radius 2 is 1.44 bits per heavy atom. The molecular formula is C23H32O4. The van der Waals surface area contributed by atoms with Crippen molar-refractivity contribution in [2.24, 2.45) is 0 Å². The van der Waals surface area contributed by atoms with Crippen molar-refractivity contribution < 1.29 is 14.3 Å². The Morgan fingerprint density at radius 1 is 0.889 bits per heavy atom. The third-order valence-corrected chi connectivity index (χ3v) is 5.07. The molecule has 148 valence electrons. The van der Waals surface area contributed by atoms with Crippen LogP contribution in [0.5, 0.6) is 5.75 Å². The van der Waals surface area contributed by atoms with E-state index in [1.165, 1.54) is 51.4 Å². The van der Waals surface area contributed by atoms with Crippen molar-refractivity contribution >= 4 is 16.8 Å². The van der Waals surface area contributed by atoms with Crippen molar-refractivity contribution in [2.75, 3.05) is 0 Å². The summed E-state index contributed by atoms with van der Waals surface area (Å²) >= 11 is 0. The van der Waals surface area contributed by atoms with Gasteiger partial charge in [-0.15, -0.1) is 0 Å². The molecule has 0 radical (unpaired) electrons. The number of Topliss-reactive ketones (excluding diaryl/α,β-unsaturated/α-hetero) is 1. The number of hydrogen-bond donors (Lipinski definition) is 1. The molecule has 0 aliphatic heterocycles. The lowest BCUT2D eigenvalue weighted by atomic mass is 10.0. The van der Waals surface area contributed by atoms with E-state index in [9.17, 15) is 14.7 Å². The first-order chi connectivity index (χ1) is 13.1. The molecule has 0 unspecified atom stereocenters. The minimum Gasteiger partial charge on any atom is -0.506 e. The normalized spacial score (nSPS) is 11.1. The molecule has 0 fully saturated rings. The maximum absolute atomic E-state index is 12.4. The number of carbonyl (C=O) groups excluding carboxylic acids is 1. The summed E-state index contributed by atoms with van der Waals surface area (Å²) in [5, 5.41) is 10.7. The van der Waals surface area contributed by atoms with Crippen LogP contribution in [0.3, 0.4) is 0 Å². The van der Waals surface area contributed by atoms with Crippen molar-refractivity contribution in [2.45, 2.75) is 84.0 Å². The summed E-state index contributed by atoms with van der Waals surface area (Å²) in [5.74, 6) is -0.585. The average Bonchev–Trinajstić information content (AvgIpc) is 2.66. The third kappa shape index (κ3) is 6.53. The molecule has 1 heterocycles. The largest absolute Gasteiger partial charge is 0.506 e. The molecule has 4 heteroatoms. The van der Waals surface area contributed by atoms with E-state index >= 15 is 0 Å². The Kier molecular flexibility index (Phi) is 9.09. The third-order valence-electron chi connectivity index (χ3n) is 5.07. The molecule has 1 aromatic carbocycles. The lowest BCUT2D eigenvalue weighted by Crippen LogP contribution is -2.14. The van der Waals surface area contributed by atoms with Crippen molar-refractivity contribution in [1.82, 2.24) is 0 Å². The number of benzene rings is 1. The standard InChI is InChI=1S/C23H32O4/c1-2-3-4-5-6-7-8-9-10-11-12-16-19(24)21-22(25)18-15-13-14-17-20(18)27-23(21)26/h13-15,17,25H,2-12,16H2,1H3. The van der Waals surface area contributed by atoms with Gasteiger partial charge in [-0.2, -0.15) is 0 Å². The van der Waals surface area contributed by atoms with Gasteiger partial charge in [0.1, 0.15) is 16.9 Å². The fourth-order valence-electron chi connectivity index (χ4n) is 3.45. The molecule has 0 atom stereocenters. The fraction of sp³-hybridized carbons (Fsp3) is 0.565. The molecule has 0 saturated carbocycles. The van der Waals surface area contributed by atoms with Crippen molar-refractivity contribution in [3.63, 3.8) is 0 Å². The van der Waals surface area contributed by atoms with Crippen LogP contribution in [0, 0.1) is 0 Å². The summed E-state index contributed by atoms with van der Waals surface area (Å²) in [6.07, 6.45) is 13.5. The average molecular weight is 373 g/mol. The van der Waals surface area contributed by atoms with Gasteiger partial charge in [-0.25, -0.2) is 4.79 Å². The van der Waals surface area contributed by atoms with Crippen LogP contribution in [-0.2, 0) is 0 Å². The number of hydrogen-bond acceptors (Lipinski definition) is 4. The molecule has 0 spiro atoms. The van der Waals surface area contributed by atoms with E-state index < -0.39 is 5.63 Å². The van der Waals surface area contributed by atoms with E-state index in [0.29, 0.717) is 11.0 Å². The predicted molar refractivity (Wildman–Crippen MR) is 110 cm³/mol. The zero-order valence-electron chi connectivity index (χ0n) is 16.5. The molecule has 0 bridgehead atoms. The zero-order valence-corrected chi connectivity index (χ0v) is 16.5. The van der Waals surface area contributed by atoms with E-state index in [2.05, 4.69) is 6.92 Å². The molecule has 1 N–H and O–H groups in total. The van der Waals surface area contributed by atoms with Crippen LogP contribution in [0.25, 0.3) is 11.0 Å². The van der Waals surface area contributed by atoms with Gasteiger partial charge in [-0.05, 0) is 18.6 Å². The van der Waals surface area contributed by atoms with E-state index in [4.69, 9.17) is 4.42 Å². The van der Waals surface area contributed by atoms with Crippen LogP contribution >= 0.6 is 0 Å². The molecule has 4 nitrogen and oxygen atoms in total. The Hall–Kier alpha value is -2.10. The van der Waals surface area contributed by atoms with E-state index in [0.717, 1.165) is 19.3 Å². The zero-order chi connectivity index (χ0) is 19.5. The van der Waals surface area contributed by atoms with E-state index in [-0.39, 0.29) is 23.5 Å². The molecule has 27 heavy (non-hydrogen) atoms. The van der Waals surface area contributed by atoms with Gasteiger partial charge in [0.2, 0.25) is 0 Å². The predicted octanol–water partition coefficient (Wildman–Crippen LogP) is 6.38. The van der Waals surface area contributed by atoms with Gasteiger partial charge in [0.25, 0.3) is 0 Å². The van der Waals surface area contributed by atoms with Crippen molar-refractivity contribution in [3.05, 3.63) is 40.2 Å². The topological polar surface area (TPSA) is 67.5 Å². The first kappa shape index (κ1) is 21.2. The maximum Gasteiger partial charge on any atom is 0.351 e. The molecular weight excluding hydrogens is 340 g/mol. The highest BCUT2D eigenvalue weighted by Gasteiger charge is 2.20. The number of para-hydroxylation sites is 1. The lowest BCUT2D eigenvalue weighted by Gasteiger charge is -2.06. The first-order valence-electron chi connectivity index (χ1n) is 10.4. The number of unbranched alkanes of at least 4 members (excludes halogenated alkanes) is 10. The number of fused-ring (bicyclic) bond motifs is 1. The van der Waals surface area contributed by atoms with Crippen LogP contribution in [0.4, 0.5) is 0 Å². The molecule has 0 saturated heterocycles. The summed E-state index contributed by atoms with van der Waals surface area (Å²) in [5.41, 5.74) is -0.661. The second-order valence-electron chi connectivity index (χ2n) is 7.32. The molecule has 1 aromatic heterocycles. The Labute approximate surface area is 161 Å². The van der Waals surface area contributed by atoms with E-state index in [1.807, 2.05) is 0 Å². The Bertz CT molecular complexity index is 776. The first-order valence-corrected chi connectivity index (χ1v) is 10.4. The second-order valence-corrected chi connectivity index (χ2v) is 7.32. The minimum absolute atomic E-state index is 0.208. The van der Waals surface area contributed by atoms with Crippen LogP contribution in [0.1, 0.15) is 94.3 Å². The van der Waals surface area contributed by atoms with Crippen LogP contribution in [0.2, 0.25) is 0 Å². The molecule has 2 rings (SSSR count). The highest BCUT2D eigenvalue weighted by Crippen LogP contribution is 2.27. The lowest BCUT2D eigenvalue weighted by molar-refractivity contribution is 0.0973. The fourth-order valence-corrected chi connectivity index (χ4v) is 3.45. The van der Waals surface area contributed by atoms with Crippen LogP contribution < -0.4 is 5.63 Å². The quantitative estimate of drug-likeness (QED) is 0.251. The summed E-state index contributed by atoms with van der Waals surface area (Å²) in [4.78, 5) is 24.4. The van der Waals surface area contributed by atoms with Gasteiger partial charge in [-0.3, -0.25) is 4.79 Å².